The number of rotatable bonds is 3. The van der Waals surface area contributed by atoms with Crippen molar-refractivity contribution >= 4 is 16.9 Å². The first-order valence-corrected chi connectivity index (χ1v) is 8.11. The third kappa shape index (κ3) is 2.67. The largest absolute Gasteiger partial charge is 0.371 e. The first-order chi connectivity index (χ1) is 11.7. The third-order valence-electron chi connectivity index (χ3n) is 4.36. The van der Waals surface area contributed by atoms with Crippen LogP contribution in [0, 0.1) is 6.92 Å². The Morgan fingerprint density at radius 2 is 2.12 bits per heavy atom. The number of imidazole rings is 1. The highest BCUT2D eigenvalue weighted by atomic mass is 16.5. The zero-order valence-corrected chi connectivity index (χ0v) is 13.5. The Morgan fingerprint density at radius 3 is 2.96 bits per heavy atom. The van der Waals surface area contributed by atoms with Crippen molar-refractivity contribution in [3.8, 4) is 0 Å². The van der Waals surface area contributed by atoms with E-state index in [0.29, 0.717) is 25.3 Å². The number of carbonyl (C=O) groups excluding carboxylic acids is 1. The molecule has 0 bridgehead atoms. The summed E-state index contributed by atoms with van der Waals surface area (Å²) in [5, 5.41) is 3.01. The van der Waals surface area contributed by atoms with Crippen LogP contribution in [0.4, 0.5) is 0 Å². The van der Waals surface area contributed by atoms with Gasteiger partial charge in [-0.15, -0.1) is 0 Å². The molecule has 0 unspecified atom stereocenters. The van der Waals surface area contributed by atoms with E-state index in [1.165, 1.54) is 5.56 Å². The van der Waals surface area contributed by atoms with Gasteiger partial charge < -0.3 is 14.6 Å². The zero-order valence-electron chi connectivity index (χ0n) is 13.5. The van der Waals surface area contributed by atoms with E-state index in [4.69, 9.17) is 4.74 Å². The molecule has 1 aliphatic rings. The lowest BCUT2D eigenvalue weighted by Crippen LogP contribution is -2.35. The van der Waals surface area contributed by atoms with Gasteiger partial charge in [0.15, 0.2) is 0 Å². The van der Waals surface area contributed by atoms with E-state index in [1.54, 1.807) is 0 Å². The van der Waals surface area contributed by atoms with Gasteiger partial charge in [0.2, 0.25) is 0 Å². The fourth-order valence-electron chi connectivity index (χ4n) is 3.18. The summed E-state index contributed by atoms with van der Waals surface area (Å²) < 4.78 is 7.87. The van der Waals surface area contributed by atoms with E-state index in [0.717, 1.165) is 16.9 Å². The van der Waals surface area contributed by atoms with Crippen LogP contribution in [0.3, 0.4) is 0 Å². The van der Waals surface area contributed by atoms with Crippen molar-refractivity contribution in [3.05, 3.63) is 65.5 Å². The van der Waals surface area contributed by atoms with Crippen LogP contribution in [0.1, 0.15) is 27.8 Å². The molecule has 24 heavy (non-hydrogen) atoms. The second-order valence-electron chi connectivity index (χ2n) is 6.14. The lowest BCUT2D eigenvalue weighted by molar-refractivity contribution is 0.0553. The Morgan fingerprint density at radius 1 is 1.29 bits per heavy atom. The molecule has 1 aromatic heterocycles. The number of aryl methyl sites for hydroxylation is 1. The molecule has 0 fully saturated rings. The predicted octanol–water partition coefficient (Wildman–Crippen LogP) is 2.85. The minimum absolute atomic E-state index is 0.0501. The molecule has 2 heterocycles. The van der Waals surface area contributed by atoms with Gasteiger partial charge >= 0.3 is 0 Å². The van der Waals surface area contributed by atoms with Crippen molar-refractivity contribution in [2.24, 2.45) is 0 Å². The molecule has 1 amide bonds. The van der Waals surface area contributed by atoms with E-state index in [1.807, 2.05) is 30.3 Å². The highest BCUT2D eigenvalue weighted by Gasteiger charge is 2.24. The van der Waals surface area contributed by atoms with Gasteiger partial charge in [0.05, 0.1) is 23.7 Å². The molecule has 0 radical (unpaired) electrons. The molecular formula is C19H19N3O2. The monoisotopic (exact) mass is 321 g/mol. The average Bonchev–Trinajstić information content (AvgIpc) is 2.98. The van der Waals surface area contributed by atoms with E-state index in [2.05, 4.69) is 40.0 Å². The summed E-state index contributed by atoms with van der Waals surface area (Å²) in [6.45, 7) is 3.66. The normalized spacial score (nSPS) is 16.8. The van der Waals surface area contributed by atoms with E-state index in [-0.39, 0.29) is 11.9 Å². The van der Waals surface area contributed by atoms with Gasteiger partial charge in [-0.25, -0.2) is 4.98 Å². The molecule has 2 aromatic carbocycles. The number of carbonyl (C=O) groups is 1. The van der Waals surface area contributed by atoms with Crippen LogP contribution in [-0.4, -0.2) is 28.6 Å². The predicted molar refractivity (Wildman–Crippen MR) is 91.9 cm³/mol. The SMILES string of the molecule is Cc1ccc2c(c1)nc1n2[C@@H](CNC(=O)c2ccccc2)COC1. The van der Waals surface area contributed by atoms with Crippen molar-refractivity contribution in [1.82, 2.24) is 14.9 Å². The molecule has 1 aliphatic heterocycles. The first-order valence-electron chi connectivity index (χ1n) is 8.11. The van der Waals surface area contributed by atoms with E-state index < -0.39 is 0 Å². The maximum atomic E-state index is 12.3. The number of aromatic nitrogens is 2. The summed E-state index contributed by atoms with van der Waals surface area (Å²) in [7, 11) is 0. The Hall–Kier alpha value is -2.66. The molecule has 122 valence electrons. The Kier molecular flexibility index (Phi) is 3.78. The van der Waals surface area contributed by atoms with Crippen LogP contribution in [0.15, 0.2) is 48.5 Å². The lowest BCUT2D eigenvalue weighted by atomic mass is 10.2. The Balaban J connectivity index is 1.58. The Labute approximate surface area is 140 Å². The van der Waals surface area contributed by atoms with Crippen molar-refractivity contribution in [3.63, 3.8) is 0 Å². The number of hydrogen-bond acceptors (Lipinski definition) is 3. The number of nitrogens with zero attached hydrogens (tertiary/aromatic N) is 2. The highest BCUT2D eigenvalue weighted by molar-refractivity contribution is 5.94. The minimum atomic E-state index is -0.0667. The number of benzene rings is 2. The van der Waals surface area contributed by atoms with Crippen molar-refractivity contribution in [2.45, 2.75) is 19.6 Å². The Bertz CT molecular complexity index is 886. The molecular weight excluding hydrogens is 302 g/mol. The molecule has 5 nitrogen and oxygen atoms in total. The third-order valence-corrected chi connectivity index (χ3v) is 4.36. The molecule has 1 atom stereocenters. The van der Waals surface area contributed by atoms with Crippen LogP contribution in [-0.2, 0) is 11.3 Å². The first kappa shape index (κ1) is 14.9. The van der Waals surface area contributed by atoms with Gasteiger partial charge in [0.1, 0.15) is 12.4 Å². The summed E-state index contributed by atoms with van der Waals surface area (Å²) in [5.74, 6) is 0.851. The van der Waals surface area contributed by atoms with Gasteiger partial charge in [-0.3, -0.25) is 4.79 Å². The second-order valence-corrected chi connectivity index (χ2v) is 6.14. The maximum Gasteiger partial charge on any atom is 0.251 e. The van der Waals surface area contributed by atoms with Crippen molar-refractivity contribution < 1.29 is 9.53 Å². The fourth-order valence-corrected chi connectivity index (χ4v) is 3.18. The molecule has 0 saturated heterocycles. The number of amides is 1. The van der Waals surface area contributed by atoms with Crippen LogP contribution >= 0.6 is 0 Å². The zero-order chi connectivity index (χ0) is 16.5. The molecule has 3 aromatic rings. The smallest absolute Gasteiger partial charge is 0.251 e. The van der Waals surface area contributed by atoms with Crippen LogP contribution in [0.25, 0.3) is 11.0 Å². The summed E-state index contributed by atoms with van der Waals surface area (Å²) in [6.07, 6.45) is 0. The number of nitrogens with one attached hydrogen (secondary N) is 1. The fraction of sp³-hybridized carbons (Fsp3) is 0.263. The molecule has 4 rings (SSSR count). The van der Waals surface area contributed by atoms with E-state index >= 15 is 0 Å². The maximum absolute atomic E-state index is 12.3. The summed E-state index contributed by atoms with van der Waals surface area (Å²) in [4.78, 5) is 16.9. The molecule has 0 aliphatic carbocycles. The van der Waals surface area contributed by atoms with Gasteiger partial charge in [0.25, 0.3) is 5.91 Å². The van der Waals surface area contributed by atoms with E-state index in [9.17, 15) is 4.79 Å². The molecule has 5 heteroatoms. The summed E-state index contributed by atoms with van der Waals surface area (Å²) in [6, 6.07) is 15.6. The molecule has 1 N–H and O–H groups in total. The molecule has 0 saturated carbocycles. The van der Waals surface area contributed by atoms with Crippen LogP contribution in [0.2, 0.25) is 0 Å². The van der Waals surface area contributed by atoms with Crippen LogP contribution < -0.4 is 5.32 Å². The highest BCUT2D eigenvalue weighted by Crippen LogP contribution is 2.26. The lowest BCUT2D eigenvalue weighted by Gasteiger charge is -2.26. The molecule has 0 spiro atoms. The minimum Gasteiger partial charge on any atom is -0.371 e. The van der Waals surface area contributed by atoms with Crippen molar-refractivity contribution in [1.29, 1.82) is 0 Å². The summed E-state index contributed by atoms with van der Waals surface area (Å²) >= 11 is 0. The van der Waals surface area contributed by atoms with Crippen molar-refractivity contribution in [2.75, 3.05) is 13.2 Å². The topological polar surface area (TPSA) is 56.2 Å². The number of hydrogen-bond donors (Lipinski definition) is 1. The van der Waals surface area contributed by atoms with Crippen LogP contribution in [0.5, 0.6) is 0 Å². The average molecular weight is 321 g/mol. The standard InChI is InChI=1S/C19H19N3O2/c1-13-7-8-17-16(9-13)21-18-12-24-11-15(22(17)18)10-20-19(23)14-5-3-2-4-6-14/h2-9,15H,10-12H2,1H3,(H,20,23)/t15-/m0/s1. The van der Waals surface area contributed by atoms with Gasteiger partial charge in [-0.2, -0.15) is 0 Å². The number of ether oxygens (including phenoxy) is 1. The number of fused-ring (bicyclic) bond motifs is 3. The van der Waals surface area contributed by atoms with Gasteiger partial charge in [-0.1, -0.05) is 24.3 Å². The quantitative estimate of drug-likeness (QED) is 0.807. The second kappa shape index (κ2) is 6.09. The van der Waals surface area contributed by atoms with Gasteiger partial charge in [-0.05, 0) is 36.8 Å². The summed E-state index contributed by atoms with van der Waals surface area (Å²) in [5.41, 5.74) is 3.93. The van der Waals surface area contributed by atoms with Gasteiger partial charge in [0, 0.05) is 12.1 Å².